The summed E-state index contributed by atoms with van der Waals surface area (Å²) in [6, 6.07) is 33.0. The molecule has 0 unspecified atom stereocenters. The van der Waals surface area contributed by atoms with Gasteiger partial charge in [0.15, 0.2) is 0 Å². The Morgan fingerprint density at radius 3 is 1.64 bits per heavy atom. The molecule has 0 atom stereocenters. The Kier molecular flexibility index (Phi) is 4.15. The Morgan fingerprint density at radius 2 is 0.956 bits per heavy atom. The molecule has 1 nitrogen and oxygen atoms in total. The molecule has 0 aliphatic heterocycles. The SMILES string of the molecule is [2H]c1c([2H])c([2H])c(-c2c([2H])c([2H])c([2H])c(-c3c4ccccc4c(-c4cc(-c5ccccc5)c5oc6ccccc6c5c4)c4ccccc34)c2[2H])c([2H])c1[2H]. The van der Waals surface area contributed by atoms with E-state index in [-0.39, 0.29) is 28.8 Å². The minimum atomic E-state index is -0.606. The standard InChI is InChI=1S/C44H28O/c1-3-14-29(15-4-1)31-18-13-19-32(26-31)42-35-21-7-9-23-37(35)43(38-24-10-8-22-36(38)42)33-27-39(30-16-5-2-6-17-30)44-40(28-33)34-20-11-12-25-41(34)45-44/h1-28H/i1D,3D,4D,13D,14D,15D,18D,19D,26D. The zero-order valence-electron chi connectivity index (χ0n) is 32.9. The Labute approximate surface area is 274 Å². The summed E-state index contributed by atoms with van der Waals surface area (Å²) in [6.07, 6.45) is 0. The lowest BCUT2D eigenvalue weighted by atomic mass is 9.84. The molecule has 0 spiro atoms. The van der Waals surface area contributed by atoms with Crippen LogP contribution in [0.25, 0.3) is 88.0 Å². The Bertz CT molecular complexity index is 2960. The fourth-order valence-corrected chi connectivity index (χ4v) is 6.48. The predicted molar refractivity (Wildman–Crippen MR) is 190 cm³/mol. The van der Waals surface area contributed by atoms with Gasteiger partial charge in [0.2, 0.25) is 0 Å². The van der Waals surface area contributed by atoms with Gasteiger partial charge >= 0.3 is 0 Å². The van der Waals surface area contributed by atoms with Gasteiger partial charge in [-0.1, -0.05) is 145 Å². The average Bonchev–Trinajstić information content (AvgIpc) is 3.58. The van der Waals surface area contributed by atoms with Gasteiger partial charge in [-0.25, -0.2) is 0 Å². The van der Waals surface area contributed by atoms with Crippen LogP contribution in [0.3, 0.4) is 0 Å². The van der Waals surface area contributed by atoms with Crippen molar-refractivity contribution in [3.63, 3.8) is 0 Å². The van der Waals surface area contributed by atoms with E-state index >= 15 is 0 Å². The third kappa shape index (κ3) is 4.17. The van der Waals surface area contributed by atoms with E-state index in [4.69, 9.17) is 14.0 Å². The van der Waals surface area contributed by atoms with Gasteiger partial charge in [0.25, 0.3) is 0 Å². The van der Waals surface area contributed by atoms with Crippen LogP contribution in [0.1, 0.15) is 12.3 Å². The highest BCUT2D eigenvalue weighted by molar-refractivity contribution is 6.23. The molecule has 0 aliphatic rings. The zero-order valence-corrected chi connectivity index (χ0v) is 23.9. The highest BCUT2D eigenvalue weighted by Crippen LogP contribution is 2.47. The molecule has 0 bridgehead atoms. The maximum atomic E-state index is 9.56. The number of benzene rings is 8. The molecule has 8 aromatic carbocycles. The number of para-hydroxylation sites is 1. The Balaban J connectivity index is 1.42. The van der Waals surface area contributed by atoms with E-state index in [0.717, 1.165) is 55.0 Å². The van der Waals surface area contributed by atoms with Gasteiger partial charge in [-0.2, -0.15) is 0 Å². The van der Waals surface area contributed by atoms with Gasteiger partial charge < -0.3 is 4.42 Å². The first-order valence-electron chi connectivity index (χ1n) is 19.2. The summed E-state index contributed by atoms with van der Waals surface area (Å²) in [5.41, 5.74) is 5.20. The molecule has 1 heteroatoms. The van der Waals surface area contributed by atoms with Crippen LogP contribution in [0.15, 0.2) is 174 Å². The lowest BCUT2D eigenvalue weighted by molar-refractivity contribution is 0.670. The number of furan rings is 1. The molecule has 0 aliphatic carbocycles. The molecule has 0 fully saturated rings. The van der Waals surface area contributed by atoms with E-state index < -0.39 is 42.3 Å². The summed E-state index contributed by atoms with van der Waals surface area (Å²) in [5.74, 6) is 0. The number of hydrogen-bond acceptors (Lipinski definition) is 1. The predicted octanol–water partition coefficient (Wildman–Crippen LogP) is 12.6. The van der Waals surface area contributed by atoms with Gasteiger partial charge in [-0.05, 0) is 84.7 Å². The minimum Gasteiger partial charge on any atom is -0.455 e. The molecule has 0 N–H and O–H groups in total. The summed E-state index contributed by atoms with van der Waals surface area (Å²) in [5, 5.41) is 4.96. The van der Waals surface area contributed by atoms with Crippen LogP contribution < -0.4 is 0 Å². The van der Waals surface area contributed by atoms with Gasteiger partial charge in [-0.15, -0.1) is 0 Å². The second kappa shape index (κ2) is 10.4. The van der Waals surface area contributed by atoms with Crippen molar-refractivity contribution < 1.29 is 16.8 Å². The molecule has 9 rings (SSSR count). The van der Waals surface area contributed by atoms with E-state index in [1.54, 1.807) is 0 Å². The van der Waals surface area contributed by atoms with Gasteiger partial charge in [0, 0.05) is 16.3 Å². The molecule has 210 valence electrons. The molecule has 1 aromatic heterocycles. The normalized spacial score (nSPS) is 14.4. The van der Waals surface area contributed by atoms with E-state index in [0.29, 0.717) is 16.3 Å². The monoisotopic (exact) mass is 581 g/mol. The molecule has 1 heterocycles. The lowest BCUT2D eigenvalue weighted by Gasteiger charge is -2.19. The van der Waals surface area contributed by atoms with Crippen LogP contribution >= 0.6 is 0 Å². The van der Waals surface area contributed by atoms with Crippen LogP contribution in [-0.4, -0.2) is 0 Å². The molecule has 9 aromatic rings. The van der Waals surface area contributed by atoms with Crippen LogP contribution in [0, 0.1) is 0 Å². The van der Waals surface area contributed by atoms with Crippen molar-refractivity contribution in [2.24, 2.45) is 0 Å². The van der Waals surface area contributed by atoms with E-state index in [1.165, 1.54) is 0 Å². The summed E-state index contributed by atoms with van der Waals surface area (Å²) in [7, 11) is 0. The van der Waals surface area contributed by atoms with Crippen LogP contribution in [0.2, 0.25) is 0 Å². The first kappa shape index (κ1) is 18.0. The fraction of sp³-hybridized carbons (Fsp3) is 0. The quantitative estimate of drug-likeness (QED) is 0.188. The Morgan fingerprint density at radius 1 is 0.400 bits per heavy atom. The average molecular weight is 582 g/mol. The van der Waals surface area contributed by atoms with Crippen LogP contribution in [0.5, 0.6) is 0 Å². The second-order valence-electron chi connectivity index (χ2n) is 11.0. The third-order valence-electron chi connectivity index (χ3n) is 8.41. The van der Waals surface area contributed by atoms with Crippen molar-refractivity contribution in [3.8, 4) is 44.5 Å². The van der Waals surface area contributed by atoms with Crippen molar-refractivity contribution in [2.45, 2.75) is 0 Å². The topological polar surface area (TPSA) is 13.1 Å². The molecule has 0 saturated carbocycles. The number of rotatable bonds is 4. The highest BCUT2D eigenvalue weighted by Gasteiger charge is 2.20. The number of hydrogen-bond donors (Lipinski definition) is 0. The second-order valence-corrected chi connectivity index (χ2v) is 11.0. The fourth-order valence-electron chi connectivity index (χ4n) is 6.48. The molecule has 0 saturated heterocycles. The summed E-state index contributed by atoms with van der Waals surface area (Å²) >= 11 is 0. The maximum Gasteiger partial charge on any atom is 0.143 e. The maximum absolute atomic E-state index is 9.56. The molecule has 0 radical (unpaired) electrons. The largest absolute Gasteiger partial charge is 0.455 e. The number of fused-ring (bicyclic) bond motifs is 5. The smallest absolute Gasteiger partial charge is 0.143 e. The van der Waals surface area contributed by atoms with Crippen molar-refractivity contribution in [2.75, 3.05) is 0 Å². The van der Waals surface area contributed by atoms with Gasteiger partial charge in [-0.3, -0.25) is 0 Å². The van der Waals surface area contributed by atoms with Gasteiger partial charge in [0.1, 0.15) is 11.2 Å². The first-order valence-corrected chi connectivity index (χ1v) is 14.7. The highest BCUT2D eigenvalue weighted by atomic mass is 16.3. The van der Waals surface area contributed by atoms with E-state index in [2.05, 4.69) is 24.3 Å². The molecular formula is C44H28O. The molecule has 45 heavy (non-hydrogen) atoms. The van der Waals surface area contributed by atoms with E-state index in [1.807, 2.05) is 91.0 Å². The molecular weight excluding hydrogens is 544 g/mol. The summed E-state index contributed by atoms with van der Waals surface area (Å²) in [6.45, 7) is 0. The van der Waals surface area contributed by atoms with E-state index in [9.17, 15) is 2.74 Å². The summed E-state index contributed by atoms with van der Waals surface area (Å²) in [4.78, 5) is 0. The third-order valence-corrected chi connectivity index (χ3v) is 8.41. The van der Waals surface area contributed by atoms with Crippen LogP contribution in [0.4, 0.5) is 0 Å². The van der Waals surface area contributed by atoms with Crippen molar-refractivity contribution in [1.82, 2.24) is 0 Å². The van der Waals surface area contributed by atoms with Gasteiger partial charge in [0.05, 0.1) is 12.3 Å². The van der Waals surface area contributed by atoms with Crippen molar-refractivity contribution >= 4 is 43.5 Å². The molecule has 0 amide bonds. The first-order chi connectivity index (χ1) is 26.1. The van der Waals surface area contributed by atoms with Crippen molar-refractivity contribution in [1.29, 1.82) is 0 Å². The lowest BCUT2D eigenvalue weighted by Crippen LogP contribution is -1.92. The van der Waals surface area contributed by atoms with Crippen molar-refractivity contribution in [3.05, 3.63) is 170 Å². The summed E-state index contributed by atoms with van der Waals surface area (Å²) < 4.78 is 85.1. The zero-order chi connectivity index (χ0) is 37.6. The minimum absolute atomic E-state index is 0.0398. The van der Waals surface area contributed by atoms with Crippen LogP contribution in [-0.2, 0) is 0 Å². The Hall–Kier alpha value is -5.92.